The van der Waals surface area contributed by atoms with Crippen LogP contribution in [-0.4, -0.2) is 21.8 Å². The highest BCUT2D eigenvalue weighted by atomic mass is 35.5. The minimum atomic E-state index is -0.0476. The molecule has 20 heavy (non-hydrogen) atoms. The van der Waals surface area contributed by atoms with Crippen LogP contribution >= 0.6 is 11.6 Å². The van der Waals surface area contributed by atoms with E-state index in [0.29, 0.717) is 5.02 Å². The Hall–Kier alpha value is -1.91. The van der Waals surface area contributed by atoms with E-state index in [-0.39, 0.29) is 6.04 Å². The lowest BCUT2D eigenvalue weighted by atomic mass is 10.00. The summed E-state index contributed by atoms with van der Waals surface area (Å²) < 4.78 is 1.80. The number of fused-ring (bicyclic) bond motifs is 1. The van der Waals surface area contributed by atoms with Gasteiger partial charge in [-0.25, -0.2) is 0 Å². The van der Waals surface area contributed by atoms with Gasteiger partial charge in [0.2, 0.25) is 0 Å². The van der Waals surface area contributed by atoms with Crippen LogP contribution in [0.4, 0.5) is 0 Å². The first-order valence-electron chi connectivity index (χ1n) is 6.40. The van der Waals surface area contributed by atoms with Gasteiger partial charge in [0, 0.05) is 24.2 Å². The van der Waals surface area contributed by atoms with Crippen LogP contribution in [0.2, 0.25) is 5.02 Å². The lowest BCUT2D eigenvalue weighted by molar-refractivity contribution is 0.608. The fourth-order valence-corrected chi connectivity index (χ4v) is 2.82. The van der Waals surface area contributed by atoms with Crippen molar-refractivity contribution in [3.63, 3.8) is 0 Å². The number of hydrogen-bond donors (Lipinski definition) is 1. The molecule has 0 aliphatic heterocycles. The standard InChI is InChI=1S/C15H15ClN4/c1-17-14(15-12(16)9-19-20(15)2)11-7-3-5-10-6-4-8-18-13(10)11/h3-9,14,17H,1-2H3. The third kappa shape index (κ3) is 2.07. The monoisotopic (exact) mass is 286 g/mol. The summed E-state index contributed by atoms with van der Waals surface area (Å²) in [5.41, 5.74) is 3.01. The normalized spacial score (nSPS) is 12.8. The average Bonchev–Trinajstić information content (AvgIpc) is 2.81. The summed E-state index contributed by atoms with van der Waals surface area (Å²) in [5.74, 6) is 0. The minimum Gasteiger partial charge on any atom is -0.308 e. The van der Waals surface area contributed by atoms with Gasteiger partial charge in [0.15, 0.2) is 0 Å². The summed E-state index contributed by atoms with van der Waals surface area (Å²) in [5, 5.41) is 9.29. The zero-order chi connectivity index (χ0) is 14.1. The predicted octanol–water partition coefficient (Wildman–Crippen LogP) is 2.93. The van der Waals surface area contributed by atoms with E-state index >= 15 is 0 Å². The van der Waals surface area contributed by atoms with Crippen LogP contribution in [0.15, 0.2) is 42.7 Å². The van der Waals surface area contributed by atoms with Crippen molar-refractivity contribution >= 4 is 22.5 Å². The van der Waals surface area contributed by atoms with Gasteiger partial charge in [0.05, 0.1) is 28.5 Å². The highest BCUT2D eigenvalue weighted by Gasteiger charge is 2.21. The molecule has 0 radical (unpaired) electrons. The Bertz CT molecular complexity index is 726. The first kappa shape index (κ1) is 13.1. The van der Waals surface area contributed by atoms with Gasteiger partial charge >= 0.3 is 0 Å². The highest BCUT2D eigenvalue weighted by Crippen LogP contribution is 2.31. The van der Waals surface area contributed by atoms with E-state index in [1.807, 2.05) is 32.4 Å². The van der Waals surface area contributed by atoms with Gasteiger partial charge < -0.3 is 5.32 Å². The third-order valence-electron chi connectivity index (χ3n) is 3.47. The van der Waals surface area contributed by atoms with E-state index < -0.39 is 0 Å². The van der Waals surface area contributed by atoms with E-state index in [9.17, 15) is 0 Å². The maximum absolute atomic E-state index is 6.28. The predicted molar refractivity (Wildman–Crippen MR) is 80.9 cm³/mol. The third-order valence-corrected chi connectivity index (χ3v) is 3.77. The molecule has 102 valence electrons. The zero-order valence-corrected chi connectivity index (χ0v) is 12.1. The van der Waals surface area contributed by atoms with Crippen LogP contribution in [0.3, 0.4) is 0 Å². The Balaban J connectivity index is 2.22. The number of aromatic nitrogens is 3. The molecule has 0 amide bonds. The average molecular weight is 287 g/mol. The number of benzene rings is 1. The molecule has 4 nitrogen and oxygen atoms in total. The lowest BCUT2D eigenvalue weighted by Crippen LogP contribution is -2.21. The lowest BCUT2D eigenvalue weighted by Gasteiger charge is -2.19. The molecule has 0 fully saturated rings. The Kier molecular flexibility index (Phi) is 3.42. The highest BCUT2D eigenvalue weighted by molar-refractivity contribution is 6.31. The van der Waals surface area contributed by atoms with Gasteiger partial charge in [0.25, 0.3) is 0 Å². The van der Waals surface area contributed by atoms with Crippen LogP contribution in [-0.2, 0) is 7.05 Å². The van der Waals surface area contributed by atoms with E-state index in [0.717, 1.165) is 22.2 Å². The molecule has 2 aromatic heterocycles. The number of pyridine rings is 1. The van der Waals surface area contributed by atoms with Crippen LogP contribution in [0, 0.1) is 0 Å². The summed E-state index contributed by atoms with van der Waals surface area (Å²) in [6, 6.07) is 10.1. The van der Waals surface area contributed by atoms with Gasteiger partial charge in [-0.15, -0.1) is 0 Å². The largest absolute Gasteiger partial charge is 0.308 e. The molecule has 0 saturated carbocycles. The Morgan fingerprint density at radius 2 is 2.05 bits per heavy atom. The van der Waals surface area contributed by atoms with E-state index in [1.165, 1.54) is 0 Å². The van der Waals surface area contributed by atoms with E-state index in [2.05, 4.69) is 33.6 Å². The molecule has 0 bridgehead atoms. The summed E-state index contributed by atoms with van der Waals surface area (Å²) in [7, 11) is 3.81. The van der Waals surface area contributed by atoms with Gasteiger partial charge in [-0.1, -0.05) is 35.9 Å². The van der Waals surface area contributed by atoms with Crippen LogP contribution in [0.25, 0.3) is 10.9 Å². The molecule has 1 N–H and O–H groups in total. The first-order valence-corrected chi connectivity index (χ1v) is 6.78. The summed E-state index contributed by atoms with van der Waals surface area (Å²) in [4.78, 5) is 4.51. The number of para-hydroxylation sites is 1. The summed E-state index contributed by atoms with van der Waals surface area (Å²) in [6.07, 6.45) is 3.48. The van der Waals surface area contributed by atoms with Crippen molar-refractivity contribution in [2.24, 2.45) is 7.05 Å². The number of nitrogens with zero attached hydrogens (tertiary/aromatic N) is 3. The molecule has 1 atom stereocenters. The summed E-state index contributed by atoms with van der Waals surface area (Å²) in [6.45, 7) is 0. The van der Waals surface area contributed by atoms with Crippen LogP contribution in [0.1, 0.15) is 17.3 Å². The molecule has 2 heterocycles. The number of hydrogen-bond acceptors (Lipinski definition) is 3. The van der Waals surface area contributed by atoms with Crippen molar-refractivity contribution in [3.05, 3.63) is 59.0 Å². The molecule has 0 aliphatic carbocycles. The van der Waals surface area contributed by atoms with Crippen molar-refractivity contribution in [2.75, 3.05) is 7.05 Å². The number of halogens is 1. The molecule has 0 spiro atoms. The topological polar surface area (TPSA) is 42.7 Å². The van der Waals surface area contributed by atoms with Gasteiger partial charge in [0.1, 0.15) is 0 Å². The smallest absolute Gasteiger partial charge is 0.0837 e. The fraction of sp³-hybridized carbons (Fsp3) is 0.200. The molecule has 5 heteroatoms. The van der Waals surface area contributed by atoms with Gasteiger partial charge in [-0.2, -0.15) is 5.10 Å². The molecular weight excluding hydrogens is 272 g/mol. The van der Waals surface area contributed by atoms with Crippen molar-refractivity contribution in [1.82, 2.24) is 20.1 Å². The number of rotatable bonds is 3. The second kappa shape index (κ2) is 5.23. The molecular formula is C15H15ClN4. The van der Waals surface area contributed by atoms with Crippen molar-refractivity contribution in [2.45, 2.75) is 6.04 Å². The molecule has 1 aromatic carbocycles. The maximum Gasteiger partial charge on any atom is 0.0837 e. The number of nitrogens with one attached hydrogen (secondary N) is 1. The van der Waals surface area contributed by atoms with Crippen molar-refractivity contribution in [1.29, 1.82) is 0 Å². The molecule has 0 aliphatic rings. The molecule has 3 rings (SSSR count). The molecule has 0 saturated heterocycles. The molecule has 3 aromatic rings. The van der Waals surface area contributed by atoms with Crippen LogP contribution in [0.5, 0.6) is 0 Å². The Labute approximate surface area is 122 Å². The maximum atomic E-state index is 6.28. The number of aryl methyl sites for hydroxylation is 1. The second-order valence-electron chi connectivity index (χ2n) is 4.65. The first-order chi connectivity index (χ1) is 9.72. The van der Waals surface area contributed by atoms with E-state index in [4.69, 9.17) is 11.6 Å². The van der Waals surface area contributed by atoms with Crippen LogP contribution < -0.4 is 5.32 Å². The van der Waals surface area contributed by atoms with Crippen molar-refractivity contribution < 1.29 is 0 Å². The van der Waals surface area contributed by atoms with Gasteiger partial charge in [-0.3, -0.25) is 9.67 Å². The summed E-state index contributed by atoms with van der Waals surface area (Å²) >= 11 is 6.28. The minimum absolute atomic E-state index is 0.0476. The Morgan fingerprint density at radius 1 is 1.25 bits per heavy atom. The molecule has 1 unspecified atom stereocenters. The SMILES string of the molecule is CNC(c1cccc2cccnc12)c1c(Cl)cnn1C. The van der Waals surface area contributed by atoms with Crippen molar-refractivity contribution in [3.8, 4) is 0 Å². The zero-order valence-electron chi connectivity index (χ0n) is 11.3. The Morgan fingerprint density at radius 3 is 2.75 bits per heavy atom. The fourth-order valence-electron chi connectivity index (χ4n) is 2.55. The van der Waals surface area contributed by atoms with E-state index in [1.54, 1.807) is 10.9 Å². The quantitative estimate of drug-likeness (QED) is 0.805. The second-order valence-corrected chi connectivity index (χ2v) is 5.05. The van der Waals surface area contributed by atoms with Gasteiger partial charge in [-0.05, 0) is 13.1 Å².